The monoisotopic (exact) mass is 450 g/mol. The van der Waals surface area contributed by atoms with Gasteiger partial charge in [0.15, 0.2) is 6.33 Å². The van der Waals surface area contributed by atoms with Crippen LogP contribution >= 0.6 is 0 Å². The number of allylic oxidation sites excluding steroid dienone is 4. The van der Waals surface area contributed by atoms with Crippen LogP contribution in [0.5, 0.6) is 0 Å². The molecule has 0 aliphatic heterocycles. The molecule has 0 N–H and O–H groups in total. The van der Waals surface area contributed by atoms with Gasteiger partial charge < -0.3 is 24.8 Å². The van der Waals surface area contributed by atoms with Crippen molar-refractivity contribution in [1.29, 1.82) is 0 Å². The molecule has 7 heteroatoms. The molecule has 0 amide bonds. The Morgan fingerprint density at radius 3 is 2.32 bits per heavy atom. The first-order chi connectivity index (χ1) is 10.6. The molecule has 0 spiro atoms. The molecule has 1 aliphatic rings. The molecule has 0 unspecified atom stereocenters. The number of rotatable bonds is 1. The summed E-state index contributed by atoms with van der Waals surface area (Å²) in [6, 6.07) is 12.2. The van der Waals surface area contributed by atoms with Crippen LogP contribution in [0.1, 0.15) is 27.2 Å². The zero-order chi connectivity index (χ0) is 15.5. The van der Waals surface area contributed by atoms with E-state index in [0.29, 0.717) is 0 Å². The van der Waals surface area contributed by atoms with E-state index < -0.39 is 0 Å². The number of nitrogens with zero attached hydrogens (tertiary/aromatic N) is 4. The Balaban J connectivity index is 0.000000462. The molecular weight excluding hydrogens is 434 g/mol. The quantitative estimate of drug-likeness (QED) is 0.402. The van der Waals surface area contributed by atoms with Crippen molar-refractivity contribution < 1.29 is 51.0 Å². The van der Waals surface area contributed by atoms with Gasteiger partial charge >= 0.3 is 26.2 Å². The number of hydrogen-bond donors (Lipinski definition) is 0. The van der Waals surface area contributed by atoms with E-state index in [4.69, 9.17) is 0 Å². The zero-order valence-electron chi connectivity index (χ0n) is 14.3. The third-order valence-electron chi connectivity index (χ3n) is 4.00. The van der Waals surface area contributed by atoms with Crippen LogP contribution in [0.4, 0.5) is 0 Å². The Hall–Kier alpha value is -1.16. The van der Waals surface area contributed by atoms with Gasteiger partial charge in [0.1, 0.15) is 0 Å². The summed E-state index contributed by atoms with van der Waals surface area (Å²) in [6.45, 7) is 6.44. The molecule has 0 saturated carbocycles. The van der Waals surface area contributed by atoms with Gasteiger partial charge in [0, 0.05) is 0 Å². The van der Waals surface area contributed by atoms with Crippen LogP contribution in [-0.4, -0.2) is 20.2 Å². The normalized spacial score (nSPS) is 12.4. The number of hydrogen-bond acceptors (Lipinski definition) is 3. The molecule has 0 atom stereocenters. The second kappa shape index (κ2) is 10.7. The molecule has 0 fully saturated rings. The standard InChI is InChI=1S/C10H7N4.C8H11.2ClH.Zr/c1-2-4-9-6-10(5-8(9)3-1)14-12-7-11-13-14;1-6-4-5-7(2)8(6)3;;;/h1-7H;4H2,1-3H3;2*1H;/q2*-1;;;+4/p-2. The molecule has 4 nitrogen and oxygen atoms in total. The van der Waals surface area contributed by atoms with E-state index in [2.05, 4.69) is 54.4 Å². The van der Waals surface area contributed by atoms with Crippen LogP contribution in [0.3, 0.4) is 0 Å². The molecule has 0 bridgehead atoms. The van der Waals surface area contributed by atoms with Crippen LogP contribution in [0.15, 0.2) is 59.4 Å². The van der Waals surface area contributed by atoms with E-state index in [1.54, 1.807) is 0 Å². The first-order valence-corrected chi connectivity index (χ1v) is 7.28. The largest absolute Gasteiger partial charge is 4.00 e. The summed E-state index contributed by atoms with van der Waals surface area (Å²) in [7, 11) is 0. The number of benzene rings is 1. The molecule has 2 aromatic carbocycles. The predicted octanol–water partition coefficient (Wildman–Crippen LogP) is -1.98. The maximum Gasteiger partial charge on any atom is 4.00 e. The summed E-state index contributed by atoms with van der Waals surface area (Å²) in [6.07, 6.45) is 5.74. The SMILES string of the molecule is CC1=[C-]CC(C)=C1C.[Cl-].[Cl-].[Zr+4].c1ccc2[cH-]c(-n3ncnn3)cc2c1. The third kappa shape index (κ3) is 5.67. The fourth-order valence-electron chi connectivity index (χ4n) is 2.39. The fourth-order valence-corrected chi connectivity index (χ4v) is 2.39. The van der Waals surface area contributed by atoms with Gasteiger partial charge in [-0.05, 0) is 10.9 Å². The van der Waals surface area contributed by atoms with Gasteiger partial charge in [-0.1, -0.05) is 19.9 Å². The first-order valence-electron chi connectivity index (χ1n) is 7.28. The zero-order valence-corrected chi connectivity index (χ0v) is 18.3. The van der Waals surface area contributed by atoms with Crippen LogP contribution in [-0.2, 0) is 26.2 Å². The summed E-state index contributed by atoms with van der Waals surface area (Å²) in [4.78, 5) is 1.51. The van der Waals surface area contributed by atoms with E-state index >= 15 is 0 Å². The molecule has 0 radical (unpaired) electrons. The van der Waals surface area contributed by atoms with E-state index in [1.165, 1.54) is 38.6 Å². The number of tetrazole rings is 1. The Morgan fingerprint density at radius 2 is 1.84 bits per heavy atom. The Kier molecular flexibility index (Phi) is 10.3. The molecule has 4 rings (SSSR count). The van der Waals surface area contributed by atoms with Crippen molar-refractivity contribution in [3.63, 3.8) is 0 Å². The smallest absolute Gasteiger partial charge is 1.00 e. The topological polar surface area (TPSA) is 43.6 Å². The van der Waals surface area contributed by atoms with Gasteiger partial charge in [-0.3, -0.25) is 6.08 Å². The minimum atomic E-state index is 0. The second-order valence-electron chi connectivity index (χ2n) is 5.45. The second-order valence-corrected chi connectivity index (χ2v) is 5.45. The van der Waals surface area contributed by atoms with Gasteiger partial charge in [-0.25, -0.2) is 5.57 Å². The summed E-state index contributed by atoms with van der Waals surface area (Å²) >= 11 is 0. The van der Waals surface area contributed by atoms with Crippen molar-refractivity contribution in [3.05, 3.63) is 65.5 Å². The van der Waals surface area contributed by atoms with Crippen molar-refractivity contribution in [2.75, 3.05) is 0 Å². The van der Waals surface area contributed by atoms with Crippen LogP contribution < -0.4 is 24.8 Å². The molecule has 1 heterocycles. The Bertz CT molecular complexity index is 812. The summed E-state index contributed by atoms with van der Waals surface area (Å²) in [5.41, 5.74) is 5.19. The predicted molar refractivity (Wildman–Crippen MR) is 87.7 cm³/mol. The molecule has 0 saturated heterocycles. The molecule has 1 aliphatic carbocycles. The summed E-state index contributed by atoms with van der Waals surface area (Å²) in [5.74, 6) is 0. The average molecular weight is 453 g/mol. The van der Waals surface area contributed by atoms with E-state index in [9.17, 15) is 0 Å². The fraction of sp³-hybridized carbons (Fsp3) is 0.222. The number of aromatic nitrogens is 4. The van der Waals surface area contributed by atoms with Crippen LogP contribution in [0, 0.1) is 6.08 Å². The van der Waals surface area contributed by atoms with Gasteiger partial charge in [-0.15, -0.1) is 64.6 Å². The van der Waals surface area contributed by atoms with Gasteiger partial charge in [-0.2, -0.15) is 15.9 Å². The van der Waals surface area contributed by atoms with E-state index in [-0.39, 0.29) is 51.0 Å². The summed E-state index contributed by atoms with van der Waals surface area (Å²) in [5, 5.41) is 13.9. The number of fused-ring (bicyclic) bond motifs is 1. The minimum Gasteiger partial charge on any atom is -1.00 e. The molecule has 25 heavy (non-hydrogen) atoms. The first kappa shape index (κ1) is 23.8. The molecular formula is C18H18Cl2N4Zr. The van der Waals surface area contributed by atoms with Gasteiger partial charge in [0.05, 0.1) is 0 Å². The number of halogens is 2. The Morgan fingerprint density at radius 1 is 1.12 bits per heavy atom. The third-order valence-corrected chi connectivity index (χ3v) is 4.00. The average Bonchev–Trinajstić information content (AvgIpc) is 3.24. The van der Waals surface area contributed by atoms with E-state index in [1.807, 2.05) is 24.3 Å². The molecule has 1 aromatic heterocycles. The van der Waals surface area contributed by atoms with Gasteiger partial charge in [0.25, 0.3) is 0 Å². The Labute approximate surface area is 179 Å². The maximum atomic E-state index is 3.98. The van der Waals surface area contributed by atoms with Crippen molar-refractivity contribution in [2.45, 2.75) is 27.2 Å². The van der Waals surface area contributed by atoms with Gasteiger partial charge in [0.2, 0.25) is 0 Å². The van der Waals surface area contributed by atoms with Crippen molar-refractivity contribution in [2.24, 2.45) is 0 Å². The van der Waals surface area contributed by atoms with Crippen molar-refractivity contribution >= 4 is 10.8 Å². The van der Waals surface area contributed by atoms with Crippen LogP contribution in [0.2, 0.25) is 0 Å². The van der Waals surface area contributed by atoms with Crippen molar-refractivity contribution in [1.82, 2.24) is 20.2 Å². The summed E-state index contributed by atoms with van der Waals surface area (Å²) < 4.78 is 0. The maximum absolute atomic E-state index is 3.98. The van der Waals surface area contributed by atoms with Crippen LogP contribution in [0.25, 0.3) is 16.5 Å². The minimum absolute atomic E-state index is 0. The molecule has 128 valence electrons. The van der Waals surface area contributed by atoms with E-state index in [0.717, 1.165) is 12.1 Å². The molecule has 3 aromatic rings. The van der Waals surface area contributed by atoms with Crippen molar-refractivity contribution in [3.8, 4) is 5.69 Å².